The Bertz CT molecular complexity index is 895. The molecule has 0 saturated carbocycles. The Morgan fingerprint density at radius 2 is 1.04 bits per heavy atom. The molecular weight excluding hydrogens is 294 g/mol. The second-order valence-corrected chi connectivity index (χ2v) is 6.05. The number of fused-ring (bicyclic) bond motifs is 1. The summed E-state index contributed by atoms with van der Waals surface area (Å²) in [6.45, 7) is 0. The topological polar surface area (TPSA) is 25.2 Å². The van der Waals surface area contributed by atoms with Crippen LogP contribution in [-0.4, -0.2) is 9.67 Å². The number of benzene rings is 3. The summed E-state index contributed by atoms with van der Waals surface area (Å²) in [6, 6.07) is 28.1. The molecule has 0 bridgehead atoms. The van der Waals surface area contributed by atoms with Crippen molar-refractivity contribution in [1.29, 1.82) is 0 Å². The van der Waals surface area contributed by atoms with Gasteiger partial charge in [0.15, 0.2) is 0 Å². The minimum absolute atomic E-state index is 0.166. The van der Waals surface area contributed by atoms with Crippen molar-refractivity contribution in [2.24, 2.45) is 0 Å². The average molecular weight is 313 g/mol. The number of hydrogen-bond acceptors (Lipinski definition) is 1. The number of nitrogens with zero attached hydrogens (tertiary/aromatic N) is 1. The summed E-state index contributed by atoms with van der Waals surface area (Å²) in [5.74, 6) is 0. The minimum atomic E-state index is -0.615. The van der Waals surface area contributed by atoms with E-state index in [2.05, 4.69) is 41.2 Å². The van der Waals surface area contributed by atoms with E-state index in [4.69, 9.17) is 0 Å². The van der Waals surface area contributed by atoms with Crippen molar-refractivity contribution in [3.05, 3.63) is 108 Å². The Labute approximate surface area is 141 Å². The molecule has 0 aliphatic rings. The molecule has 0 spiro atoms. The molecule has 4 aromatic rings. The third kappa shape index (κ3) is 2.72. The van der Waals surface area contributed by atoms with Gasteiger partial charge in [-0.2, -0.15) is 0 Å². The summed E-state index contributed by atoms with van der Waals surface area (Å²) in [7, 11) is 0. The first-order chi connectivity index (χ1) is 11.8. The van der Waals surface area contributed by atoms with E-state index in [9.17, 15) is 5.11 Å². The summed E-state index contributed by atoms with van der Waals surface area (Å²) in [4.78, 5) is 0. The van der Waals surface area contributed by atoms with Crippen molar-refractivity contribution in [2.75, 3.05) is 0 Å². The minimum Gasteiger partial charge on any atom is -0.386 e. The lowest BCUT2D eigenvalue weighted by atomic mass is 9.95. The second kappa shape index (κ2) is 6.34. The van der Waals surface area contributed by atoms with E-state index >= 15 is 0 Å². The third-order valence-corrected chi connectivity index (χ3v) is 4.47. The fraction of sp³-hybridized carbons (Fsp3) is 0.0909. The van der Waals surface area contributed by atoms with Crippen molar-refractivity contribution in [3.8, 4) is 0 Å². The van der Waals surface area contributed by atoms with Crippen LogP contribution < -0.4 is 0 Å². The fourth-order valence-electron chi connectivity index (χ4n) is 3.27. The number of rotatable bonds is 4. The van der Waals surface area contributed by atoms with E-state index in [0.29, 0.717) is 0 Å². The zero-order valence-corrected chi connectivity index (χ0v) is 13.3. The SMILES string of the molecule is O[C@@H](c1ccccc1)[C@@H](c1ccccc1)n1cc2ccccc2c1. The monoisotopic (exact) mass is 313 g/mol. The molecule has 118 valence electrons. The number of aliphatic hydroxyl groups excluding tert-OH is 1. The standard InChI is InChI=1S/C22H19NO/c24-22(18-11-5-2-6-12-18)21(17-9-3-1-4-10-17)23-15-19-13-7-8-14-20(19)16-23/h1-16,21-22,24H/t21-,22+/m1/s1. The molecule has 1 aromatic heterocycles. The largest absolute Gasteiger partial charge is 0.386 e. The third-order valence-electron chi connectivity index (χ3n) is 4.47. The molecule has 0 fully saturated rings. The molecule has 24 heavy (non-hydrogen) atoms. The van der Waals surface area contributed by atoms with Crippen LogP contribution in [0.1, 0.15) is 23.3 Å². The molecule has 0 amide bonds. The van der Waals surface area contributed by atoms with Crippen molar-refractivity contribution >= 4 is 10.8 Å². The lowest BCUT2D eigenvalue weighted by Gasteiger charge is -2.25. The molecule has 2 atom stereocenters. The smallest absolute Gasteiger partial charge is 0.104 e. The van der Waals surface area contributed by atoms with Gasteiger partial charge < -0.3 is 9.67 Å². The molecular formula is C22H19NO. The van der Waals surface area contributed by atoms with Gasteiger partial charge >= 0.3 is 0 Å². The predicted octanol–water partition coefficient (Wildman–Crippen LogP) is 4.96. The highest BCUT2D eigenvalue weighted by Crippen LogP contribution is 2.34. The van der Waals surface area contributed by atoms with E-state index in [1.54, 1.807) is 0 Å². The van der Waals surface area contributed by atoms with Gasteiger partial charge in [-0.1, -0.05) is 84.9 Å². The molecule has 3 aromatic carbocycles. The highest BCUT2D eigenvalue weighted by atomic mass is 16.3. The summed E-state index contributed by atoms with van der Waals surface area (Å²) >= 11 is 0. The van der Waals surface area contributed by atoms with Crippen LogP contribution in [0.4, 0.5) is 0 Å². The summed E-state index contributed by atoms with van der Waals surface area (Å²) in [5.41, 5.74) is 2.01. The van der Waals surface area contributed by atoms with Gasteiger partial charge in [-0.25, -0.2) is 0 Å². The van der Waals surface area contributed by atoms with E-state index in [-0.39, 0.29) is 6.04 Å². The van der Waals surface area contributed by atoms with Gasteiger partial charge in [0.05, 0.1) is 6.04 Å². The molecule has 0 aliphatic heterocycles. The van der Waals surface area contributed by atoms with Crippen LogP contribution in [0.15, 0.2) is 97.3 Å². The van der Waals surface area contributed by atoms with Gasteiger partial charge in [-0.3, -0.25) is 0 Å². The van der Waals surface area contributed by atoms with Gasteiger partial charge in [0.25, 0.3) is 0 Å². The maximum absolute atomic E-state index is 11.1. The number of hydrogen-bond donors (Lipinski definition) is 1. The van der Waals surface area contributed by atoms with Crippen LogP contribution in [0, 0.1) is 0 Å². The second-order valence-electron chi connectivity index (χ2n) is 6.05. The first-order valence-electron chi connectivity index (χ1n) is 8.17. The van der Waals surface area contributed by atoms with Crippen molar-refractivity contribution < 1.29 is 5.11 Å². The molecule has 0 unspecified atom stereocenters. The average Bonchev–Trinajstić information content (AvgIpc) is 3.07. The Kier molecular flexibility index (Phi) is 3.89. The van der Waals surface area contributed by atoms with Crippen LogP contribution >= 0.6 is 0 Å². The number of aliphatic hydroxyl groups is 1. The molecule has 0 aliphatic carbocycles. The maximum atomic E-state index is 11.1. The quantitative estimate of drug-likeness (QED) is 0.566. The Balaban J connectivity index is 1.84. The van der Waals surface area contributed by atoms with E-state index in [0.717, 1.165) is 11.1 Å². The summed E-state index contributed by atoms with van der Waals surface area (Å²) in [5, 5.41) is 13.5. The summed E-state index contributed by atoms with van der Waals surface area (Å²) < 4.78 is 2.12. The lowest BCUT2D eigenvalue weighted by Crippen LogP contribution is -2.18. The van der Waals surface area contributed by atoms with Crippen molar-refractivity contribution in [1.82, 2.24) is 4.57 Å². The Hall–Kier alpha value is -2.84. The molecule has 1 N–H and O–H groups in total. The van der Waals surface area contributed by atoms with E-state index < -0.39 is 6.10 Å². The zero-order chi connectivity index (χ0) is 16.4. The maximum Gasteiger partial charge on any atom is 0.104 e. The normalized spacial score (nSPS) is 13.7. The predicted molar refractivity (Wildman–Crippen MR) is 97.9 cm³/mol. The van der Waals surface area contributed by atoms with Crippen LogP contribution in [0.2, 0.25) is 0 Å². The van der Waals surface area contributed by atoms with Gasteiger partial charge in [0.2, 0.25) is 0 Å². The van der Waals surface area contributed by atoms with Crippen LogP contribution in [0.25, 0.3) is 10.8 Å². The van der Waals surface area contributed by atoms with E-state index in [1.165, 1.54) is 10.8 Å². The van der Waals surface area contributed by atoms with Crippen LogP contribution in [-0.2, 0) is 0 Å². The lowest BCUT2D eigenvalue weighted by molar-refractivity contribution is 0.132. The molecule has 0 radical (unpaired) electrons. The molecule has 1 heterocycles. The Morgan fingerprint density at radius 3 is 1.58 bits per heavy atom. The fourth-order valence-corrected chi connectivity index (χ4v) is 3.27. The van der Waals surface area contributed by atoms with Crippen molar-refractivity contribution in [2.45, 2.75) is 12.1 Å². The number of aromatic nitrogens is 1. The first kappa shape index (κ1) is 14.7. The zero-order valence-electron chi connectivity index (χ0n) is 13.3. The van der Waals surface area contributed by atoms with Gasteiger partial charge in [0, 0.05) is 12.4 Å². The van der Waals surface area contributed by atoms with Gasteiger partial charge in [-0.15, -0.1) is 0 Å². The van der Waals surface area contributed by atoms with Gasteiger partial charge in [-0.05, 0) is 21.9 Å². The van der Waals surface area contributed by atoms with E-state index in [1.807, 2.05) is 60.7 Å². The Morgan fingerprint density at radius 1 is 0.583 bits per heavy atom. The highest BCUT2D eigenvalue weighted by Gasteiger charge is 2.24. The molecule has 0 saturated heterocycles. The molecule has 4 rings (SSSR count). The summed E-state index contributed by atoms with van der Waals surface area (Å²) in [6.07, 6.45) is 3.61. The molecule has 2 heteroatoms. The highest BCUT2D eigenvalue weighted by molar-refractivity contribution is 5.82. The van der Waals surface area contributed by atoms with Crippen LogP contribution in [0.5, 0.6) is 0 Å². The first-order valence-corrected chi connectivity index (χ1v) is 8.17. The van der Waals surface area contributed by atoms with Crippen molar-refractivity contribution in [3.63, 3.8) is 0 Å². The van der Waals surface area contributed by atoms with Crippen LogP contribution in [0.3, 0.4) is 0 Å². The molecule has 2 nitrogen and oxygen atoms in total. The van der Waals surface area contributed by atoms with Gasteiger partial charge in [0.1, 0.15) is 6.10 Å².